The molecule has 0 aliphatic carbocycles. The molecule has 2 N–H and O–H groups in total. The average Bonchev–Trinajstić information content (AvgIpc) is 2.17. The Balaban J connectivity index is 2.13. The Labute approximate surface area is 90.7 Å². The second-order valence-electron chi connectivity index (χ2n) is 4.24. The van der Waals surface area contributed by atoms with Gasteiger partial charge in [0.25, 0.3) is 0 Å². The summed E-state index contributed by atoms with van der Waals surface area (Å²) in [7, 11) is 1.57. The molecule has 0 saturated carbocycles. The highest BCUT2D eigenvalue weighted by molar-refractivity contribution is 4.74. The fraction of sp³-hybridized carbons (Fsp3) is 1.00. The van der Waals surface area contributed by atoms with Crippen LogP contribution in [0.15, 0.2) is 0 Å². The average molecular weight is 219 g/mol. The van der Waals surface area contributed by atoms with E-state index in [9.17, 15) is 5.11 Å². The minimum atomic E-state index is -0.483. The molecular formula is C10H21NO4. The normalized spacial score (nSPS) is 24.0. The van der Waals surface area contributed by atoms with Crippen LogP contribution in [0.4, 0.5) is 0 Å². The van der Waals surface area contributed by atoms with Crippen molar-refractivity contribution in [1.82, 2.24) is 5.32 Å². The molecule has 0 aromatic rings. The molecule has 1 fully saturated rings. The van der Waals surface area contributed by atoms with Crippen LogP contribution in [-0.2, 0) is 14.2 Å². The molecule has 5 nitrogen and oxygen atoms in total. The van der Waals surface area contributed by atoms with Crippen LogP contribution in [0, 0.1) is 0 Å². The van der Waals surface area contributed by atoms with Crippen molar-refractivity contribution in [2.45, 2.75) is 31.8 Å². The van der Waals surface area contributed by atoms with Gasteiger partial charge in [0, 0.05) is 13.7 Å². The lowest BCUT2D eigenvalue weighted by Gasteiger charge is -2.35. The van der Waals surface area contributed by atoms with Gasteiger partial charge in [-0.1, -0.05) is 0 Å². The van der Waals surface area contributed by atoms with Gasteiger partial charge in [0.15, 0.2) is 5.79 Å². The highest BCUT2D eigenvalue weighted by Crippen LogP contribution is 2.16. The van der Waals surface area contributed by atoms with E-state index in [-0.39, 0.29) is 6.04 Å². The van der Waals surface area contributed by atoms with E-state index in [4.69, 9.17) is 14.2 Å². The Morgan fingerprint density at radius 2 is 2.07 bits per heavy atom. The molecule has 15 heavy (non-hydrogen) atoms. The van der Waals surface area contributed by atoms with E-state index in [1.54, 1.807) is 7.11 Å². The van der Waals surface area contributed by atoms with Crippen LogP contribution in [0.25, 0.3) is 0 Å². The molecule has 0 aromatic heterocycles. The van der Waals surface area contributed by atoms with Crippen LogP contribution >= 0.6 is 0 Å². The molecule has 1 aliphatic rings. The van der Waals surface area contributed by atoms with E-state index in [2.05, 4.69) is 5.32 Å². The Bertz CT molecular complexity index is 176. The van der Waals surface area contributed by atoms with E-state index in [0.717, 1.165) is 0 Å². The third kappa shape index (κ3) is 4.90. The third-order valence-corrected chi connectivity index (χ3v) is 2.27. The van der Waals surface area contributed by atoms with Crippen LogP contribution in [0.3, 0.4) is 0 Å². The van der Waals surface area contributed by atoms with Crippen LogP contribution in [-0.4, -0.2) is 56.5 Å². The fourth-order valence-corrected chi connectivity index (χ4v) is 1.36. The van der Waals surface area contributed by atoms with Crippen molar-refractivity contribution in [3.8, 4) is 0 Å². The predicted molar refractivity (Wildman–Crippen MR) is 55.7 cm³/mol. The zero-order valence-corrected chi connectivity index (χ0v) is 9.66. The van der Waals surface area contributed by atoms with Crippen molar-refractivity contribution >= 4 is 0 Å². The monoisotopic (exact) mass is 219 g/mol. The molecule has 5 heteroatoms. The van der Waals surface area contributed by atoms with Gasteiger partial charge in [-0.15, -0.1) is 0 Å². The maximum Gasteiger partial charge on any atom is 0.162 e. The first kappa shape index (κ1) is 12.9. The van der Waals surface area contributed by atoms with Crippen molar-refractivity contribution in [3.63, 3.8) is 0 Å². The lowest BCUT2D eigenvalue weighted by Crippen LogP contribution is -2.50. The second kappa shape index (κ2) is 5.77. The van der Waals surface area contributed by atoms with Crippen molar-refractivity contribution in [3.05, 3.63) is 0 Å². The number of nitrogens with one attached hydrogen (secondary N) is 1. The van der Waals surface area contributed by atoms with Gasteiger partial charge in [-0.25, -0.2) is 0 Å². The third-order valence-electron chi connectivity index (χ3n) is 2.27. The minimum Gasteiger partial charge on any atom is -0.389 e. The second-order valence-corrected chi connectivity index (χ2v) is 4.24. The van der Waals surface area contributed by atoms with E-state index in [1.807, 2.05) is 13.8 Å². The van der Waals surface area contributed by atoms with Crippen molar-refractivity contribution in [2.24, 2.45) is 0 Å². The fourth-order valence-electron chi connectivity index (χ4n) is 1.36. The Morgan fingerprint density at radius 1 is 1.47 bits per heavy atom. The topological polar surface area (TPSA) is 60.0 Å². The van der Waals surface area contributed by atoms with Crippen LogP contribution in [0.5, 0.6) is 0 Å². The Morgan fingerprint density at radius 3 is 2.60 bits per heavy atom. The molecule has 1 rings (SSSR count). The highest BCUT2D eigenvalue weighted by atomic mass is 16.7. The van der Waals surface area contributed by atoms with Crippen molar-refractivity contribution < 1.29 is 19.3 Å². The molecule has 1 atom stereocenters. The number of hydrogen-bond acceptors (Lipinski definition) is 5. The maximum absolute atomic E-state index is 9.41. The SMILES string of the molecule is COCC(O)CNC1COC(C)(C)OC1. The molecule has 0 aromatic carbocycles. The Hall–Kier alpha value is -0.200. The van der Waals surface area contributed by atoms with Crippen LogP contribution in [0.1, 0.15) is 13.8 Å². The summed E-state index contributed by atoms with van der Waals surface area (Å²) in [6, 6.07) is 0.143. The molecule has 1 saturated heterocycles. The summed E-state index contributed by atoms with van der Waals surface area (Å²) in [5.74, 6) is -0.483. The smallest absolute Gasteiger partial charge is 0.162 e. The summed E-state index contributed by atoms with van der Waals surface area (Å²) in [4.78, 5) is 0. The molecule has 0 amide bonds. The molecule has 90 valence electrons. The standard InChI is InChI=1S/C10H21NO4/c1-10(2)14-5-8(6-15-10)11-4-9(12)7-13-3/h8-9,11-12H,4-7H2,1-3H3. The number of aliphatic hydroxyl groups excluding tert-OH is 1. The number of rotatable bonds is 5. The summed E-state index contributed by atoms with van der Waals surface area (Å²) in [6.07, 6.45) is -0.482. The van der Waals surface area contributed by atoms with Crippen molar-refractivity contribution in [1.29, 1.82) is 0 Å². The van der Waals surface area contributed by atoms with Gasteiger partial charge in [0.2, 0.25) is 0 Å². The molecule has 1 unspecified atom stereocenters. The zero-order valence-electron chi connectivity index (χ0n) is 9.66. The molecule has 1 heterocycles. The minimum absolute atomic E-state index is 0.143. The lowest BCUT2D eigenvalue weighted by molar-refractivity contribution is -0.253. The van der Waals surface area contributed by atoms with Gasteiger partial charge < -0.3 is 24.6 Å². The first-order valence-corrected chi connectivity index (χ1v) is 5.22. The molecular weight excluding hydrogens is 198 g/mol. The predicted octanol–water partition coefficient (Wildman–Crippen LogP) is -0.265. The first-order valence-electron chi connectivity index (χ1n) is 5.22. The molecule has 0 spiro atoms. The van der Waals surface area contributed by atoms with Crippen LogP contribution < -0.4 is 5.32 Å². The van der Waals surface area contributed by atoms with Gasteiger partial charge >= 0.3 is 0 Å². The Kier molecular flexibility index (Phi) is 4.95. The van der Waals surface area contributed by atoms with Crippen LogP contribution in [0.2, 0.25) is 0 Å². The van der Waals surface area contributed by atoms with Gasteiger partial charge in [0.05, 0.1) is 32.0 Å². The number of hydrogen-bond donors (Lipinski definition) is 2. The van der Waals surface area contributed by atoms with E-state index < -0.39 is 11.9 Å². The summed E-state index contributed by atoms with van der Waals surface area (Å²) in [5, 5.41) is 12.6. The van der Waals surface area contributed by atoms with Gasteiger partial charge in [-0.05, 0) is 13.8 Å². The number of aliphatic hydroxyl groups is 1. The largest absolute Gasteiger partial charge is 0.389 e. The van der Waals surface area contributed by atoms with Gasteiger partial charge in [-0.3, -0.25) is 0 Å². The van der Waals surface area contributed by atoms with Crippen molar-refractivity contribution in [2.75, 3.05) is 33.5 Å². The first-order chi connectivity index (χ1) is 7.03. The van der Waals surface area contributed by atoms with E-state index >= 15 is 0 Å². The van der Waals surface area contributed by atoms with E-state index in [0.29, 0.717) is 26.4 Å². The maximum atomic E-state index is 9.41. The highest BCUT2D eigenvalue weighted by Gasteiger charge is 2.28. The number of ether oxygens (including phenoxy) is 3. The van der Waals surface area contributed by atoms with Gasteiger partial charge in [0.1, 0.15) is 0 Å². The summed E-state index contributed by atoms with van der Waals surface area (Å²) < 4.78 is 15.8. The molecule has 0 radical (unpaired) electrons. The lowest BCUT2D eigenvalue weighted by atomic mass is 10.2. The van der Waals surface area contributed by atoms with E-state index in [1.165, 1.54) is 0 Å². The molecule has 1 aliphatic heterocycles. The number of methoxy groups -OCH3 is 1. The van der Waals surface area contributed by atoms with Gasteiger partial charge in [-0.2, -0.15) is 0 Å². The summed E-state index contributed by atoms with van der Waals surface area (Å²) in [6.45, 7) is 5.82. The molecule has 0 bridgehead atoms. The summed E-state index contributed by atoms with van der Waals surface area (Å²) >= 11 is 0. The summed E-state index contributed by atoms with van der Waals surface area (Å²) in [5.41, 5.74) is 0. The quantitative estimate of drug-likeness (QED) is 0.667. The zero-order chi connectivity index (χ0) is 11.3.